The number of thiazole rings is 1. The Labute approximate surface area is 195 Å². The second kappa shape index (κ2) is 9.70. The molecule has 3 amide bonds. The van der Waals surface area contributed by atoms with Crippen LogP contribution in [-0.4, -0.2) is 60.8 Å². The van der Waals surface area contributed by atoms with E-state index in [9.17, 15) is 14.4 Å². The molecule has 1 fully saturated rings. The van der Waals surface area contributed by atoms with Crippen LogP contribution < -0.4 is 21.3 Å². The number of aromatic nitrogens is 1. The van der Waals surface area contributed by atoms with Gasteiger partial charge in [-0.15, -0.1) is 11.3 Å². The van der Waals surface area contributed by atoms with Crippen molar-refractivity contribution in [2.24, 2.45) is 0 Å². The van der Waals surface area contributed by atoms with Gasteiger partial charge in [0.2, 0.25) is 11.8 Å². The number of likely N-dealkylation sites (N-methyl/N-ethyl adjacent to an activating group) is 1. The van der Waals surface area contributed by atoms with Crippen LogP contribution in [0.25, 0.3) is 11.3 Å². The Morgan fingerprint density at radius 3 is 2.70 bits per heavy atom. The summed E-state index contributed by atoms with van der Waals surface area (Å²) in [6.07, 6.45) is 0. The van der Waals surface area contributed by atoms with Gasteiger partial charge in [-0.1, -0.05) is 12.1 Å². The third-order valence-electron chi connectivity index (χ3n) is 5.30. The molecule has 1 aliphatic rings. The van der Waals surface area contributed by atoms with Gasteiger partial charge in [-0.05, 0) is 36.4 Å². The fraction of sp³-hybridized carbons (Fsp3) is 0.217. The molecule has 10 heteroatoms. The third-order valence-corrected chi connectivity index (χ3v) is 6.05. The summed E-state index contributed by atoms with van der Waals surface area (Å²) >= 11 is 1.30. The number of hydrogen-bond donors (Lipinski definition) is 3. The normalized spacial score (nSPS) is 13.7. The van der Waals surface area contributed by atoms with Gasteiger partial charge in [-0.25, -0.2) is 4.98 Å². The number of piperazine rings is 1. The first-order valence-corrected chi connectivity index (χ1v) is 11.3. The highest BCUT2D eigenvalue weighted by atomic mass is 32.1. The molecule has 170 valence electrons. The molecule has 0 bridgehead atoms. The van der Waals surface area contributed by atoms with E-state index >= 15 is 0 Å². The number of rotatable bonds is 6. The van der Waals surface area contributed by atoms with Crippen molar-refractivity contribution in [2.45, 2.75) is 0 Å². The van der Waals surface area contributed by atoms with Gasteiger partial charge in [0, 0.05) is 48.0 Å². The standard InChI is InChI=1S/C23H24N6O3S/c1-28-9-10-29(13-21(28)31)18-4-2-3-16(11-18)19-14-33-23(26-19)27-20(30)12-25-22(32)15-5-7-17(24)8-6-15/h2-8,11,14H,9-10,12-13,24H2,1H3,(H,25,32)(H,26,27,30). The van der Waals surface area contributed by atoms with Crippen molar-refractivity contribution < 1.29 is 14.4 Å². The molecule has 3 aromatic rings. The monoisotopic (exact) mass is 464 g/mol. The summed E-state index contributed by atoms with van der Waals surface area (Å²) in [6.45, 7) is 1.63. The first-order valence-electron chi connectivity index (χ1n) is 10.4. The van der Waals surface area contributed by atoms with E-state index in [-0.39, 0.29) is 24.3 Å². The molecule has 33 heavy (non-hydrogen) atoms. The van der Waals surface area contributed by atoms with E-state index in [4.69, 9.17) is 5.73 Å². The van der Waals surface area contributed by atoms with Gasteiger partial charge in [0.05, 0.1) is 18.8 Å². The molecule has 4 N–H and O–H groups in total. The maximum atomic E-state index is 12.2. The molecule has 0 radical (unpaired) electrons. The van der Waals surface area contributed by atoms with Gasteiger partial charge < -0.3 is 26.2 Å². The topological polar surface area (TPSA) is 121 Å². The summed E-state index contributed by atoms with van der Waals surface area (Å²) in [4.78, 5) is 44.7. The Balaban J connectivity index is 1.35. The van der Waals surface area contributed by atoms with E-state index in [1.165, 1.54) is 11.3 Å². The molecule has 1 aliphatic heterocycles. The Morgan fingerprint density at radius 2 is 1.94 bits per heavy atom. The lowest BCUT2D eigenvalue weighted by atomic mass is 10.1. The number of carbonyl (C=O) groups excluding carboxylic acids is 3. The molecule has 0 spiro atoms. The summed E-state index contributed by atoms with van der Waals surface area (Å²) in [5, 5.41) is 7.59. The van der Waals surface area contributed by atoms with Crippen LogP contribution in [0.1, 0.15) is 10.4 Å². The van der Waals surface area contributed by atoms with Crippen molar-refractivity contribution in [2.75, 3.05) is 49.2 Å². The molecule has 0 aliphatic carbocycles. The van der Waals surface area contributed by atoms with E-state index < -0.39 is 0 Å². The Hall–Kier alpha value is -3.92. The zero-order chi connectivity index (χ0) is 23.4. The quantitative estimate of drug-likeness (QED) is 0.480. The molecule has 9 nitrogen and oxygen atoms in total. The van der Waals surface area contributed by atoms with Crippen LogP contribution in [0.5, 0.6) is 0 Å². The average molecular weight is 465 g/mol. The Morgan fingerprint density at radius 1 is 1.15 bits per heavy atom. The second-order valence-electron chi connectivity index (χ2n) is 7.68. The SMILES string of the molecule is CN1CCN(c2cccc(-c3csc(NC(=O)CNC(=O)c4ccc(N)cc4)n3)c2)CC1=O. The first kappa shape index (κ1) is 22.3. The lowest BCUT2D eigenvalue weighted by Gasteiger charge is -2.33. The van der Waals surface area contributed by atoms with Crippen LogP contribution >= 0.6 is 11.3 Å². The minimum absolute atomic E-state index is 0.0915. The fourth-order valence-corrected chi connectivity index (χ4v) is 4.10. The molecule has 2 heterocycles. The van der Waals surface area contributed by atoms with Crippen LogP contribution in [0.4, 0.5) is 16.5 Å². The van der Waals surface area contributed by atoms with Crippen molar-refractivity contribution in [3.05, 3.63) is 59.5 Å². The molecule has 1 saturated heterocycles. The summed E-state index contributed by atoms with van der Waals surface area (Å²) in [5.74, 6) is -0.637. The molecular formula is C23H24N6O3S. The summed E-state index contributed by atoms with van der Waals surface area (Å²) in [6, 6.07) is 14.3. The minimum Gasteiger partial charge on any atom is -0.399 e. The Bertz CT molecular complexity index is 1180. The summed E-state index contributed by atoms with van der Waals surface area (Å²) < 4.78 is 0. The number of anilines is 3. The van der Waals surface area contributed by atoms with Gasteiger partial charge in [-0.3, -0.25) is 14.4 Å². The highest BCUT2D eigenvalue weighted by Crippen LogP contribution is 2.28. The lowest BCUT2D eigenvalue weighted by molar-refractivity contribution is -0.129. The number of nitrogens with one attached hydrogen (secondary N) is 2. The van der Waals surface area contributed by atoms with Crippen molar-refractivity contribution in [1.82, 2.24) is 15.2 Å². The van der Waals surface area contributed by atoms with Gasteiger partial charge >= 0.3 is 0 Å². The third kappa shape index (κ3) is 5.47. The molecule has 4 rings (SSSR count). The van der Waals surface area contributed by atoms with Gasteiger partial charge in [0.1, 0.15) is 0 Å². The van der Waals surface area contributed by atoms with Crippen LogP contribution in [0, 0.1) is 0 Å². The van der Waals surface area contributed by atoms with Crippen molar-refractivity contribution in [3.63, 3.8) is 0 Å². The predicted molar refractivity (Wildman–Crippen MR) is 129 cm³/mol. The minimum atomic E-state index is -0.371. The highest BCUT2D eigenvalue weighted by Gasteiger charge is 2.21. The van der Waals surface area contributed by atoms with Crippen molar-refractivity contribution in [1.29, 1.82) is 0 Å². The number of benzene rings is 2. The van der Waals surface area contributed by atoms with Crippen molar-refractivity contribution in [3.8, 4) is 11.3 Å². The number of hydrogen-bond acceptors (Lipinski definition) is 7. The van der Waals surface area contributed by atoms with Crippen molar-refractivity contribution >= 4 is 45.6 Å². The Kier molecular flexibility index (Phi) is 6.55. The van der Waals surface area contributed by atoms with Gasteiger partial charge in [0.25, 0.3) is 5.91 Å². The predicted octanol–water partition coefficient (Wildman–Crippen LogP) is 2.04. The number of nitrogen functional groups attached to an aromatic ring is 1. The van der Waals surface area contributed by atoms with E-state index in [0.29, 0.717) is 29.5 Å². The summed E-state index contributed by atoms with van der Waals surface area (Å²) in [7, 11) is 1.81. The smallest absolute Gasteiger partial charge is 0.251 e. The number of amides is 3. The van der Waals surface area contributed by atoms with E-state index in [1.807, 2.05) is 41.6 Å². The number of carbonyl (C=O) groups is 3. The largest absolute Gasteiger partial charge is 0.399 e. The number of nitrogens with two attached hydrogens (primary N) is 1. The molecule has 1 aromatic heterocycles. The number of nitrogens with zero attached hydrogens (tertiary/aromatic N) is 3. The second-order valence-corrected chi connectivity index (χ2v) is 8.54. The molecule has 0 saturated carbocycles. The maximum Gasteiger partial charge on any atom is 0.251 e. The molecule has 0 unspecified atom stereocenters. The maximum absolute atomic E-state index is 12.2. The average Bonchev–Trinajstić information content (AvgIpc) is 3.28. The zero-order valence-electron chi connectivity index (χ0n) is 18.1. The lowest BCUT2D eigenvalue weighted by Crippen LogP contribution is -2.48. The molecule has 0 atom stereocenters. The first-order chi connectivity index (χ1) is 15.9. The zero-order valence-corrected chi connectivity index (χ0v) is 18.9. The van der Waals surface area contributed by atoms with Crippen LogP contribution in [0.15, 0.2) is 53.9 Å². The van der Waals surface area contributed by atoms with Crippen LogP contribution in [-0.2, 0) is 9.59 Å². The van der Waals surface area contributed by atoms with E-state index in [0.717, 1.165) is 23.5 Å². The molecule has 2 aromatic carbocycles. The van der Waals surface area contributed by atoms with Crippen LogP contribution in [0.2, 0.25) is 0 Å². The van der Waals surface area contributed by atoms with Gasteiger partial charge in [0.15, 0.2) is 5.13 Å². The highest BCUT2D eigenvalue weighted by molar-refractivity contribution is 7.14. The van der Waals surface area contributed by atoms with E-state index in [1.54, 1.807) is 29.2 Å². The molecular weight excluding hydrogens is 440 g/mol. The summed E-state index contributed by atoms with van der Waals surface area (Å²) in [5.41, 5.74) is 9.18. The fourth-order valence-electron chi connectivity index (χ4n) is 3.37. The van der Waals surface area contributed by atoms with Gasteiger partial charge in [-0.2, -0.15) is 0 Å². The van der Waals surface area contributed by atoms with Crippen LogP contribution in [0.3, 0.4) is 0 Å². The van der Waals surface area contributed by atoms with E-state index in [2.05, 4.69) is 15.6 Å².